The van der Waals surface area contributed by atoms with Crippen LogP contribution in [0.15, 0.2) is 18.2 Å². The molecule has 1 heterocycles. The van der Waals surface area contributed by atoms with E-state index in [4.69, 9.17) is 9.47 Å². The summed E-state index contributed by atoms with van der Waals surface area (Å²) in [5.74, 6) is -0.632. The third-order valence-corrected chi connectivity index (χ3v) is 4.10. The number of hydrogen-bond acceptors (Lipinski definition) is 5. The van der Waals surface area contributed by atoms with Crippen molar-refractivity contribution in [2.75, 3.05) is 39.3 Å². The lowest BCUT2D eigenvalue weighted by molar-refractivity contribution is -0.141. The van der Waals surface area contributed by atoms with Crippen LogP contribution in [0.25, 0.3) is 0 Å². The fourth-order valence-electron chi connectivity index (χ4n) is 2.90. The molecular formula is C16H22FNO4. The van der Waals surface area contributed by atoms with E-state index in [9.17, 15) is 9.18 Å². The van der Waals surface area contributed by atoms with Gasteiger partial charge in [0.2, 0.25) is 0 Å². The fourth-order valence-corrected chi connectivity index (χ4v) is 2.90. The number of carbonyl (C=O) groups excluding carboxylic acids is 1. The molecule has 0 saturated carbocycles. The van der Waals surface area contributed by atoms with E-state index in [-0.39, 0.29) is 11.9 Å². The number of rotatable bonds is 5. The Morgan fingerprint density at radius 3 is 2.36 bits per heavy atom. The molecule has 1 saturated heterocycles. The van der Waals surface area contributed by atoms with Gasteiger partial charge in [0.15, 0.2) is 6.29 Å². The van der Waals surface area contributed by atoms with Gasteiger partial charge in [0.1, 0.15) is 5.82 Å². The van der Waals surface area contributed by atoms with Crippen LogP contribution in [0.2, 0.25) is 0 Å². The number of esters is 1. The lowest BCUT2D eigenvalue weighted by Crippen LogP contribution is -2.39. The smallest absolute Gasteiger partial charge is 0.337 e. The minimum absolute atomic E-state index is 0.214. The summed E-state index contributed by atoms with van der Waals surface area (Å²) in [4.78, 5) is 13.4. The summed E-state index contributed by atoms with van der Waals surface area (Å²) in [7, 11) is 4.54. The molecule has 1 aliphatic rings. The Bertz CT molecular complexity index is 511. The van der Waals surface area contributed by atoms with E-state index in [1.165, 1.54) is 13.2 Å². The van der Waals surface area contributed by atoms with E-state index in [2.05, 4.69) is 4.74 Å². The number of methoxy groups -OCH3 is 3. The van der Waals surface area contributed by atoms with Crippen molar-refractivity contribution in [2.45, 2.75) is 19.1 Å². The van der Waals surface area contributed by atoms with Crippen molar-refractivity contribution >= 4 is 11.7 Å². The van der Waals surface area contributed by atoms with Crippen LogP contribution in [0, 0.1) is 11.7 Å². The molecule has 0 unspecified atom stereocenters. The molecule has 0 aromatic heterocycles. The van der Waals surface area contributed by atoms with Gasteiger partial charge in [0.05, 0.1) is 18.4 Å². The van der Waals surface area contributed by atoms with Crippen LogP contribution in [0.4, 0.5) is 10.1 Å². The number of ether oxygens (including phenoxy) is 3. The van der Waals surface area contributed by atoms with Crippen molar-refractivity contribution in [1.29, 1.82) is 0 Å². The maximum atomic E-state index is 14.2. The molecule has 0 N–H and O–H groups in total. The van der Waals surface area contributed by atoms with Crippen molar-refractivity contribution in [3.05, 3.63) is 29.6 Å². The molecule has 0 amide bonds. The van der Waals surface area contributed by atoms with Gasteiger partial charge in [-0.05, 0) is 31.0 Å². The van der Waals surface area contributed by atoms with Gasteiger partial charge in [-0.25, -0.2) is 9.18 Å². The minimum Gasteiger partial charge on any atom is -0.465 e. The van der Waals surface area contributed by atoms with E-state index >= 15 is 0 Å². The van der Waals surface area contributed by atoms with Crippen LogP contribution in [0.3, 0.4) is 0 Å². The zero-order valence-corrected chi connectivity index (χ0v) is 13.2. The average molecular weight is 311 g/mol. The molecule has 22 heavy (non-hydrogen) atoms. The van der Waals surface area contributed by atoms with E-state index in [0.29, 0.717) is 11.6 Å². The van der Waals surface area contributed by atoms with E-state index < -0.39 is 11.8 Å². The third kappa shape index (κ3) is 3.56. The Balaban J connectivity index is 2.04. The number of anilines is 1. The maximum absolute atomic E-state index is 14.2. The third-order valence-electron chi connectivity index (χ3n) is 4.10. The lowest BCUT2D eigenvalue weighted by Gasteiger charge is -2.36. The summed E-state index contributed by atoms with van der Waals surface area (Å²) < 4.78 is 29.4. The molecular weight excluding hydrogens is 289 g/mol. The Labute approximate surface area is 130 Å². The number of piperidine rings is 1. The first-order valence-corrected chi connectivity index (χ1v) is 7.29. The number of benzene rings is 1. The first kappa shape index (κ1) is 16.7. The Kier molecular flexibility index (Phi) is 5.74. The van der Waals surface area contributed by atoms with Crippen LogP contribution in [-0.2, 0) is 14.2 Å². The van der Waals surface area contributed by atoms with Crippen molar-refractivity contribution in [3.63, 3.8) is 0 Å². The second-order valence-corrected chi connectivity index (χ2v) is 5.32. The SMILES string of the molecule is COC(=O)c1ccc(N2CCC(C(OC)OC)CC2)c(F)c1. The normalized spacial score (nSPS) is 16.1. The quantitative estimate of drug-likeness (QED) is 0.617. The molecule has 2 rings (SSSR count). The van der Waals surface area contributed by atoms with Crippen molar-refractivity contribution in [3.8, 4) is 0 Å². The highest BCUT2D eigenvalue weighted by Crippen LogP contribution is 2.28. The number of hydrogen-bond donors (Lipinski definition) is 0. The van der Waals surface area contributed by atoms with Gasteiger partial charge in [-0.3, -0.25) is 0 Å². The van der Waals surface area contributed by atoms with Crippen LogP contribution in [0.1, 0.15) is 23.2 Å². The van der Waals surface area contributed by atoms with Gasteiger partial charge >= 0.3 is 5.97 Å². The summed E-state index contributed by atoms with van der Waals surface area (Å²) in [6, 6.07) is 4.44. The lowest BCUT2D eigenvalue weighted by atomic mass is 9.95. The molecule has 1 fully saturated rings. The molecule has 0 aliphatic carbocycles. The fraction of sp³-hybridized carbons (Fsp3) is 0.562. The summed E-state index contributed by atoms with van der Waals surface area (Å²) in [5, 5.41) is 0. The Morgan fingerprint density at radius 2 is 1.86 bits per heavy atom. The molecule has 5 nitrogen and oxygen atoms in total. The van der Waals surface area contributed by atoms with E-state index in [0.717, 1.165) is 25.9 Å². The number of halogens is 1. The number of nitrogens with zero attached hydrogens (tertiary/aromatic N) is 1. The number of carbonyl (C=O) groups is 1. The largest absolute Gasteiger partial charge is 0.465 e. The average Bonchev–Trinajstić information content (AvgIpc) is 2.56. The summed E-state index contributed by atoms with van der Waals surface area (Å²) in [6.45, 7) is 1.45. The first-order chi connectivity index (χ1) is 10.6. The first-order valence-electron chi connectivity index (χ1n) is 7.29. The van der Waals surface area contributed by atoms with Crippen molar-refractivity contribution < 1.29 is 23.4 Å². The van der Waals surface area contributed by atoms with Crippen LogP contribution in [-0.4, -0.2) is 46.7 Å². The highest BCUT2D eigenvalue weighted by atomic mass is 19.1. The molecule has 0 radical (unpaired) electrons. The highest BCUT2D eigenvalue weighted by molar-refractivity contribution is 5.89. The van der Waals surface area contributed by atoms with Crippen LogP contribution in [0.5, 0.6) is 0 Å². The Hall–Kier alpha value is -1.66. The highest BCUT2D eigenvalue weighted by Gasteiger charge is 2.27. The zero-order valence-electron chi connectivity index (χ0n) is 13.2. The summed E-state index contributed by atoms with van der Waals surface area (Å²) in [5.41, 5.74) is 0.731. The van der Waals surface area contributed by atoms with Crippen molar-refractivity contribution in [2.24, 2.45) is 5.92 Å². The molecule has 0 spiro atoms. The van der Waals surface area contributed by atoms with Gasteiger partial charge in [0.25, 0.3) is 0 Å². The van der Waals surface area contributed by atoms with E-state index in [1.54, 1.807) is 26.4 Å². The summed E-state index contributed by atoms with van der Waals surface area (Å²) in [6.07, 6.45) is 1.52. The monoisotopic (exact) mass is 311 g/mol. The molecule has 122 valence electrons. The maximum Gasteiger partial charge on any atom is 0.337 e. The molecule has 6 heteroatoms. The van der Waals surface area contributed by atoms with Crippen LogP contribution >= 0.6 is 0 Å². The molecule has 1 aromatic rings. The second kappa shape index (κ2) is 7.56. The van der Waals surface area contributed by atoms with Gasteiger partial charge in [-0.1, -0.05) is 0 Å². The van der Waals surface area contributed by atoms with Gasteiger partial charge in [-0.2, -0.15) is 0 Å². The molecule has 0 atom stereocenters. The predicted octanol–water partition coefficient (Wildman–Crippen LogP) is 2.45. The van der Waals surface area contributed by atoms with Crippen molar-refractivity contribution in [1.82, 2.24) is 0 Å². The van der Waals surface area contributed by atoms with Crippen LogP contribution < -0.4 is 4.90 Å². The topological polar surface area (TPSA) is 48.0 Å². The minimum atomic E-state index is -0.535. The van der Waals surface area contributed by atoms with Gasteiger partial charge in [-0.15, -0.1) is 0 Å². The molecule has 1 aromatic carbocycles. The second-order valence-electron chi connectivity index (χ2n) is 5.32. The zero-order chi connectivity index (χ0) is 16.1. The summed E-state index contributed by atoms with van der Waals surface area (Å²) >= 11 is 0. The molecule has 1 aliphatic heterocycles. The standard InChI is InChI=1S/C16H22FNO4/c1-20-15(19)12-4-5-14(13(17)10-12)18-8-6-11(7-9-18)16(21-2)22-3/h4-5,10-11,16H,6-9H2,1-3H3. The Morgan fingerprint density at radius 1 is 1.23 bits per heavy atom. The van der Waals surface area contributed by atoms with E-state index in [1.807, 2.05) is 4.90 Å². The van der Waals surface area contributed by atoms with Gasteiger partial charge in [0, 0.05) is 33.2 Å². The molecule has 0 bridgehead atoms. The predicted molar refractivity (Wildman–Crippen MR) is 80.5 cm³/mol. The van der Waals surface area contributed by atoms with Gasteiger partial charge < -0.3 is 19.1 Å².